The maximum atomic E-state index is 10.0. The third-order valence-corrected chi connectivity index (χ3v) is 0.967. The van der Waals surface area contributed by atoms with E-state index < -0.39 is 13.5 Å². The fourth-order valence-corrected chi connectivity index (χ4v) is 0.550. The fourth-order valence-electron chi connectivity index (χ4n) is 0.550. The number of nitrogens with zero attached hydrogens (tertiary/aromatic N) is 1. The van der Waals surface area contributed by atoms with Gasteiger partial charge in [-0.2, -0.15) is 0 Å². The molecule has 0 heterocycles. The summed E-state index contributed by atoms with van der Waals surface area (Å²) in [6, 6.07) is 7.93. The minimum absolute atomic E-state index is 0.137. The van der Waals surface area contributed by atoms with Crippen molar-refractivity contribution in [3.8, 4) is 0 Å². The monoisotopic (exact) mass is 205 g/mol. The molecule has 0 aliphatic heterocycles. The van der Waals surface area contributed by atoms with E-state index in [4.69, 9.17) is 14.7 Å². The number of rotatable bonds is 1. The van der Waals surface area contributed by atoms with Gasteiger partial charge < -0.3 is 14.7 Å². The first-order valence-electron chi connectivity index (χ1n) is 3.10. The molecule has 0 saturated heterocycles. The van der Waals surface area contributed by atoms with Gasteiger partial charge in [0.05, 0.1) is 4.92 Å². The number of benzene rings is 1. The molecule has 3 N–H and O–H groups in total. The van der Waals surface area contributed by atoms with Crippen LogP contribution in [-0.2, 0) is 0 Å². The van der Waals surface area contributed by atoms with Crippen LogP contribution in [0.5, 0.6) is 0 Å². The Bertz CT molecular complexity index is 250. The van der Waals surface area contributed by atoms with E-state index >= 15 is 0 Å². The third-order valence-electron chi connectivity index (χ3n) is 0.967. The Morgan fingerprint density at radius 1 is 1.15 bits per heavy atom. The third kappa shape index (κ3) is 7.30. The van der Waals surface area contributed by atoms with Gasteiger partial charge in [-0.25, -0.2) is 0 Å². The van der Waals surface area contributed by atoms with Crippen molar-refractivity contribution in [1.29, 1.82) is 0 Å². The zero-order chi connectivity index (χ0) is 10.3. The Morgan fingerprint density at radius 3 is 1.77 bits per heavy atom. The van der Waals surface area contributed by atoms with Crippen LogP contribution >= 0.6 is 8.60 Å². The molecule has 0 saturated carbocycles. The van der Waals surface area contributed by atoms with E-state index in [0.717, 1.165) is 0 Å². The number of non-ortho nitro benzene ring substituents is 1. The minimum atomic E-state index is -2.62. The van der Waals surface area contributed by atoms with Crippen LogP contribution in [0.15, 0.2) is 30.3 Å². The zero-order valence-corrected chi connectivity index (χ0v) is 7.33. The first-order chi connectivity index (χ1) is 6.04. The van der Waals surface area contributed by atoms with E-state index in [-0.39, 0.29) is 5.69 Å². The normalized spacial score (nSPS) is 8.92. The molecule has 0 fully saturated rings. The van der Waals surface area contributed by atoms with Crippen molar-refractivity contribution in [2.45, 2.75) is 0 Å². The van der Waals surface area contributed by atoms with Crippen molar-refractivity contribution in [2.24, 2.45) is 0 Å². The summed E-state index contributed by atoms with van der Waals surface area (Å²) in [6.45, 7) is 0. The van der Waals surface area contributed by atoms with E-state index in [1.165, 1.54) is 12.1 Å². The molecule has 1 rings (SSSR count). The largest absolute Gasteiger partial charge is 0.328 e. The predicted octanol–water partition coefficient (Wildman–Crippen LogP) is 0.785. The standard InChI is InChI=1S/C6H5NO2.H3O3P/c8-7(9)6-4-2-1-3-5-6;1-4(2)3/h1-5H;1-3H. The van der Waals surface area contributed by atoms with Crippen LogP contribution in [0.1, 0.15) is 0 Å². The molecule has 7 heteroatoms. The lowest BCUT2D eigenvalue weighted by atomic mass is 10.3. The van der Waals surface area contributed by atoms with Gasteiger partial charge in [-0.05, 0) is 0 Å². The predicted molar refractivity (Wildman–Crippen MR) is 46.7 cm³/mol. The average molecular weight is 205 g/mol. The summed E-state index contributed by atoms with van der Waals surface area (Å²) in [4.78, 5) is 31.3. The molecule has 0 amide bonds. The topological polar surface area (TPSA) is 104 Å². The van der Waals surface area contributed by atoms with Crippen LogP contribution in [0.25, 0.3) is 0 Å². The fraction of sp³-hybridized carbons (Fsp3) is 0. The van der Waals surface area contributed by atoms with Crippen LogP contribution in [0.4, 0.5) is 5.69 Å². The van der Waals surface area contributed by atoms with Crippen LogP contribution in [0, 0.1) is 10.1 Å². The summed E-state index contributed by atoms with van der Waals surface area (Å²) in [5, 5.41) is 10.0. The van der Waals surface area contributed by atoms with E-state index in [0.29, 0.717) is 0 Å². The van der Waals surface area contributed by atoms with Crippen LogP contribution in [0.2, 0.25) is 0 Å². The summed E-state index contributed by atoms with van der Waals surface area (Å²) in [5.41, 5.74) is 0.137. The van der Waals surface area contributed by atoms with Gasteiger partial charge in [-0.1, -0.05) is 18.2 Å². The van der Waals surface area contributed by atoms with Gasteiger partial charge in [0.25, 0.3) is 5.69 Å². The quantitative estimate of drug-likeness (QED) is 0.357. The van der Waals surface area contributed by atoms with Gasteiger partial charge in [0.2, 0.25) is 0 Å². The van der Waals surface area contributed by atoms with E-state index in [1.807, 2.05) is 0 Å². The van der Waals surface area contributed by atoms with Crippen molar-refractivity contribution < 1.29 is 19.6 Å². The minimum Gasteiger partial charge on any atom is -0.328 e. The van der Waals surface area contributed by atoms with E-state index in [9.17, 15) is 10.1 Å². The Balaban J connectivity index is 0.000000310. The molecule has 0 unspecified atom stereocenters. The van der Waals surface area contributed by atoms with Crippen LogP contribution in [-0.4, -0.2) is 19.6 Å². The molecule has 0 radical (unpaired) electrons. The highest BCUT2D eigenvalue weighted by molar-refractivity contribution is 7.38. The van der Waals surface area contributed by atoms with Crippen molar-refractivity contribution >= 4 is 14.3 Å². The lowest BCUT2D eigenvalue weighted by Gasteiger charge is -1.85. The number of nitro groups is 1. The Hall–Kier alpha value is -1.07. The Labute approximate surface area is 75.2 Å². The van der Waals surface area contributed by atoms with E-state index in [2.05, 4.69) is 0 Å². The molecule has 6 nitrogen and oxygen atoms in total. The molecule has 0 aliphatic carbocycles. The van der Waals surface area contributed by atoms with E-state index in [1.54, 1.807) is 18.2 Å². The van der Waals surface area contributed by atoms with Crippen LogP contribution in [0.3, 0.4) is 0 Å². The van der Waals surface area contributed by atoms with Gasteiger partial charge in [0.1, 0.15) is 0 Å². The summed E-state index contributed by atoms with van der Waals surface area (Å²) in [7, 11) is -2.62. The molecular weight excluding hydrogens is 197 g/mol. The molecule has 1 aromatic rings. The molecule has 1 aromatic carbocycles. The molecular formula is C6H8NO5P. The second-order valence-electron chi connectivity index (χ2n) is 1.86. The summed E-state index contributed by atoms with van der Waals surface area (Å²) < 4.78 is 0. The maximum absolute atomic E-state index is 10.0. The number of hydrogen-bond acceptors (Lipinski definition) is 5. The Kier molecular flexibility index (Phi) is 5.92. The second kappa shape index (κ2) is 6.45. The van der Waals surface area contributed by atoms with Gasteiger partial charge in [-0.3, -0.25) is 10.1 Å². The van der Waals surface area contributed by atoms with Crippen molar-refractivity contribution in [3.63, 3.8) is 0 Å². The first-order valence-corrected chi connectivity index (χ1v) is 4.30. The number of para-hydroxylation sites is 1. The highest BCUT2D eigenvalue weighted by atomic mass is 31.2. The lowest BCUT2D eigenvalue weighted by Crippen LogP contribution is -1.84. The highest BCUT2D eigenvalue weighted by Gasteiger charge is 1.98. The number of hydrogen-bond donors (Lipinski definition) is 3. The Morgan fingerprint density at radius 2 is 1.54 bits per heavy atom. The summed E-state index contributed by atoms with van der Waals surface area (Å²) >= 11 is 0. The second-order valence-corrected chi connectivity index (χ2v) is 2.40. The summed E-state index contributed by atoms with van der Waals surface area (Å²) in [6.07, 6.45) is 0. The van der Waals surface area contributed by atoms with Crippen LogP contribution < -0.4 is 0 Å². The number of nitro benzene ring substituents is 1. The molecule has 0 bridgehead atoms. The summed E-state index contributed by atoms with van der Waals surface area (Å²) in [5.74, 6) is 0. The molecule has 13 heavy (non-hydrogen) atoms. The lowest BCUT2D eigenvalue weighted by molar-refractivity contribution is -0.384. The molecule has 0 aromatic heterocycles. The van der Waals surface area contributed by atoms with Gasteiger partial charge in [0, 0.05) is 12.1 Å². The SMILES string of the molecule is O=[N+]([O-])c1ccccc1.OP(O)O. The molecule has 72 valence electrons. The van der Waals surface area contributed by atoms with Gasteiger partial charge in [0.15, 0.2) is 0 Å². The highest BCUT2D eigenvalue weighted by Crippen LogP contribution is 2.11. The first kappa shape index (κ1) is 11.9. The zero-order valence-electron chi connectivity index (χ0n) is 6.44. The molecule has 0 aliphatic rings. The molecule has 0 spiro atoms. The average Bonchev–Trinajstić information content (AvgIpc) is 2.05. The van der Waals surface area contributed by atoms with Gasteiger partial charge >= 0.3 is 8.60 Å². The molecule has 0 atom stereocenters. The van der Waals surface area contributed by atoms with Crippen molar-refractivity contribution in [2.75, 3.05) is 0 Å². The van der Waals surface area contributed by atoms with Gasteiger partial charge in [-0.15, -0.1) is 0 Å². The smallest absolute Gasteiger partial charge is 0.324 e. The maximum Gasteiger partial charge on any atom is 0.324 e. The van der Waals surface area contributed by atoms with Crippen molar-refractivity contribution in [3.05, 3.63) is 40.4 Å². The van der Waals surface area contributed by atoms with Crippen molar-refractivity contribution in [1.82, 2.24) is 0 Å².